The van der Waals surface area contributed by atoms with E-state index in [2.05, 4.69) is 10.1 Å². The highest BCUT2D eigenvalue weighted by Gasteiger charge is 2.17. The normalized spacial score (nSPS) is 12.6. The predicted octanol–water partition coefficient (Wildman–Crippen LogP) is 3.20. The van der Waals surface area contributed by atoms with Crippen LogP contribution in [0.15, 0.2) is 47.0 Å². The lowest BCUT2D eigenvalue weighted by molar-refractivity contribution is 0.174. The van der Waals surface area contributed by atoms with E-state index in [0.29, 0.717) is 28.8 Å². The van der Waals surface area contributed by atoms with E-state index in [1.54, 1.807) is 30.3 Å². The van der Waals surface area contributed by atoms with Gasteiger partial charge in [0.25, 0.3) is 0 Å². The standard InChI is InChI=1S/C16H11FN2O3/c17-12-4-2-1-3-10(12)8-15-18-16(19-22-15)11-5-6-13-14(7-11)21-9-20-13/h1-7H,8-9H2. The number of fused-ring (bicyclic) bond motifs is 1. The lowest BCUT2D eigenvalue weighted by atomic mass is 10.1. The van der Waals surface area contributed by atoms with Crippen molar-refractivity contribution in [1.82, 2.24) is 10.1 Å². The largest absolute Gasteiger partial charge is 0.454 e. The molecule has 3 aromatic rings. The topological polar surface area (TPSA) is 57.4 Å². The first-order chi connectivity index (χ1) is 10.8. The summed E-state index contributed by atoms with van der Waals surface area (Å²) >= 11 is 0. The second-order valence-corrected chi connectivity index (χ2v) is 4.85. The number of hydrogen-bond donors (Lipinski definition) is 0. The molecule has 0 bridgehead atoms. The molecule has 22 heavy (non-hydrogen) atoms. The fourth-order valence-electron chi connectivity index (χ4n) is 2.28. The Morgan fingerprint density at radius 3 is 2.82 bits per heavy atom. The molecule has 0 radical (unpaired) electrons. The monoisotopic (exact) mass is 298 g/mol. The lowest BCUT2D eigenvalue weighted by Crippen LogP contribution is -1.93. The third-order valence-corrected chi connectivity index (χ3v) is 3.40. The van der Waals surface area contributed by atoms with Gasteiger partial charge in [-0.2, -0.15) is 4.98 Å². The van der Waals surface area contributed by atoms with E-state index in [1.165, 1.54) is 6.07 Å². The van der Waals surface area contributed by atoms with Gasteiger partial charge in [0.15, 0.2) is 11.5 Å². The minimum atomic E-state index is -0.287. The molecule has 1 aliphatic heterocycles. The first-order valence-electron chi connectivity index (χ1n) is 6.75. The molecule has 0 aliphatic carbocycles. The summed E-state index contributed by atoms with van der Waals surface area (Å²) in [4.78, 5) is 4.30. The Hall–Kier alpha value is -2.89. The van der Waals surface area contributed by atoms with Crippen LogP contribution in [0.25, 0.3) is 11.4 Å². The summed E-state index contributed by atoms with van der Waals surface area (Å²) in [5.74, 6) is 1.85. The molecule has 0 spiro atoms. The molecule has 1 aromatic heterocycles. The average molecular weight is 298 g/mol. The minimum Gasteiger partial charge on any atom is -0.454 e. The molecule has 2 aromatic carbocycles. The van der Waals surface area contributed by atoms with Gasteiger partial charge in [0.1, 0.15) is 5.82 Å². The van der Waals surface area contributed by atoms with Gasteiger partial charge in [0.2, 0.25) is 18.5 Å². The van der Waals surface area contributed by atoms with Crippen LogP contribution in [0.3, 0.4) is 0 Å². The van der Waals surface area contributed by atoms with Crippen molar-refractivity contribution >= 4 is 0 Å². The Morgan fingerprint density at radius 1 is 1.05 bits per heavy atom. The Kier molecular flexibility index (Phi) is 3.00. The SMILES string of the molecule is Fc1ccccc1Cc1nc(-c2ccc3c(c2)OCO3)no1. The van der Waals surface area contributed by atoms with Crippen LogP contribution in [0.5, 0.6) is 11.5 Å². The zero-order valence-electron chi connectivity index (χ0n) is 11.5. The maximum atomic E-state index is 13.6. The number of rotatable bonds is 3. The number of hydrogen-bond acceptors (Lipinski definition) is 5. The van der Waals surface area contributed by atoms with Crippen molar-refractivity contribution < 1.29 is 18.4 Å². The third kappa shape index (κ3) is 2.28. The molecule has 6 heteroatoms. The fourth-order valence-corrected chi connectivity index (χ4v) is 2.28. The van der Waals surface area contributed by atoms with Gasteiger partial charge in [0, 0.05) is 5.56 Å². The summed E-state index contributed by atoms with van der Waals surface area (Å²) in [6.45, 7) is 0.212. The van der Waals surface area contributed by atoms with Crippen molar-refractivity contribution in [2.75, 3.05) is 6.79 Å². The van der Waals surface area contributed by atoms with Crippen LogP contribution in [0, 0.1) is 5.82 Å². The van der Waals surface area contributed by atoms with Crippen molar-refractivity contribution in [3.8, 4) is 22.9 Å². The maximum Gasteiger partial charge on any atom is 0.231 e. The van der Waals surface area contributed by atoms with Crippen LogP contribution in [0.1, 0.15) is 11.5 Å². The summed E-state index contributed by atoms with van der Waals surface area (Å²) in [5.41, 5.74) is 1.27. The van der Waals surface area contributed by atoms with Crippen LogP contribution in [-0.4, -0.2) is 16.9 Å². The van der Waals surface area contributed by atoms with E-state index in [-0.39, 0.29) is 19.0 Å². The number of benzene rings is 2. The van der Waals surface area contributed by atoms with Crippen LogP contribution < -0.4 is 9.47 Å². The molecule has 5 nitrogen and oxygen atoms in total. The van der Waals surface area contributed by atoms with Crippen LogP contribution in [-0.2, 0) is 6.42 Å². The van der Waals surface area contributed by atoms with E-state index < -0.39 is 0 Å². The summed E-state index contributed by atoms with van der Waals surface area (Å²) in [5, 5.41) is 3.93. The van der Waals surface area contributed by atoms with Crippen molar-refractivity contribution in [3.05, 3.63) is 59.7 Å². The van der Waals surface area contributed by atoms with Crippen molar-refractivity contribution in [3.63, 3.8) is 0 Å². The highest BCUT2D eigenvalue weighted by molar-refractivity contribution is 5.61. The third-order valence-electron chi connectivity index (χ3n) is 3.40. The molecule has 0 saturated heterocycles. The molecule has 0 atom stereocenters. The van der Waals surface area contributed by atoms with Gasteiger partial charge in [-0.05, 0) is 29.8 Å². The maximum absolute atomic E-state index is 13.6. The zero-order chi connectivity index (χ0) is 14.9. The number of ether oxygens (including phenoxy) is 2. The second kappa shape index (κ2) is 5.14. The Bertz CT molecular complexity index is 832. The van der Waals surface area contributed by atoms with Crippen LogP contribution in [0.2, 0.25) is 0 Å². The predicted molar refractivity (Wildman–Crippen MR) is 75.1 cm³/mol. The Balaban J connectivity index is 1.60. The molecule has 2 heterocycles. The smallest absolute Gasteiger partial charge is 0.231 e. The Labute approximate surface area is 125 Å². The molecule has 0 N–H and O–H groups in total. The molecule has 0 fully saturated rings. The molecular weight excluding hydrogens is 287 g/mol. The van der Waals surface area contributed by atoms with Crippen LogP contribution >= 0.6 is 0 Å². The quantitative estimate of drug-likeness (QED) is 0.743. The summed E-state index contributed by atoms with van der Waals surface area (Å²) < 4.78 is 29.4. The molecule has 4 rings (SSSR count). The first kappa shape index (κ1) is 12.8. The molecule has 0 unspecified atom stereocenters. The average Bonchev–Trinajstić information content (AvgIpc) is 3.17. The van der Waals surface area contributed by atoms with Crippen LogP contribution in [0.4, 0.5) is 4.39 Å². The number of aromatic nitrogens is 2. The van der Waals surface area contributed by atoms with E-state index >= 15 is 0 Å². The van der Waals surface area contributed by atoms with E-state index in [1.807, 2.05) is 6.07 Å². The van der Waals surface area contributed by atoms with Crippen molar-refractivity contribution in [2.45, 2.75) is 6.42 Å². The van der Waals surface area contributed by atoms with E-state index in [0.717, 1.165) is 5.56 Å². The van der Waals surface area contributed by atoms with Gasteiger partial charge >= 0.3 is 0 Å². The number of nitrogens with zero attached hydrogens (tertiary/aromatic N) is 2. The van der Waals surface area contributed by atoms with Gasteiger partial charge in [-0.25, -0.2) is 4.39 Å². The highest BCUT2D eigenvalue weighted by atomic mass is 19.1. The summed E-state index contributed by atoms with van der Waals surface area (Å²) in [7, 11) is 0. The van der Waals surface area contributed by atoms with E-state index in [9.17, 15) is 4.39 Å². The lowest BCUT2D eigenvalue weighted by Gasteiger charge is -1.98. The van der Waals surface area contributed by atoms with E-state index in [4.69, 9.17) is 14.0 Å². The van der Waals surface area contributed by atoms with Gasteiger partial charge in [-0.1, -0.05) is 23.4 Å². The fraction of sp³-hybridized carbons (Fsp3) is 0.125. The first-order valence-corrected chi connectivity index (χ1v) is 6.75. The zero-order valence-corrected chi connectivity index (χ0v) is 11.5. The molecule has 1 aliphatic rings. The van der Waals surface area contributed by atoms with Crippen molar-refractivity contribution in [2.24, 2.45) is 0 Å². The second-order valence-electron chi connectivity index (χ2n) is 4.85. The minimum absolute atomic E-state index is 0.212. The summed E-state index contributed by atoms with van der Waals surface area (Å²) in [6.07, 6.45) is 0.254. The van der Waals surface area contributed by atoms with Gasteiger partial charge in [-0.3, -0.25) is 0 Å². The molecule has 0 saturated carbocycles. The van der Waals surface area contributed by atoms with Gasteiger partial charge < -0.3 is 14.0 Å². The number of halogens is 1. The van der Waals surface area contributed by atoms with Crippen molar-refractivity contribution in [1.29, 1.82) is 0 Å². The molecule has 110 valence electrons. The van der Waals surface area contributed by atoms with Gasteiger partial charge in [0.05, 0.1) is 6.42 Å². The molecule has 0 amide bonds. The molecular formula is C16H11FN2O3. The Morgan fingerprint density at radius 2 is 1.91 bits per heavy atom. The highest BCUT2D eigenvalue weighted by Crippen LogP contribution is 2.35. The van der Waals surface area contributed by atoms with Gasteiger partial charge in [-0.15, -0.1) is 0 Å². The summed E-state index contributed by atoms with van der Waals surface area (Å²) in [6, 6.07) is 11.9.